The largest absolute Gasteiger partial charge is 0.394 e. The molecule has 1 atom stereocenters. The van der Waals surface area contributed by atoms with Crippen LogP contribution in [0.3, 0.4) is 0 Å². The highest BCUT2D eigenvalue weighted by Gasteiger charge is 1.99. The van der Waals surface area contributed by atoms with Gasteiger partial charge in [0.05, 0.1) is 12.7 Å². The fraction of sp³-hybridized carbons (Fsp3) is 0.800. The highest BCUT2D eigenvalue weighted by atomic mass is 32.2. The van der Waals surface area contributed by atoms with Crippen LogP contribution in [0.4, 0.5) is 0 Å². The zero-order chi connectivity index (χ0) is 7.11. The zero-order valence-corrected chi connectivity index (χ0v) is 5.80. The first-order valence-corrected chi connectivity index (χ1v) is 3.77. The monoisotopic (exact) mass is 150 g/mol. The van der Waals surface area contributed by atoms with Crippen LogP contribution in [0.2, 0.25) is 0 Å². The van der Waals surface area contributed by atoms with E-state index in [4.69, 9.17) is 10.2 Å². The fourth-order valence-corrected chi connectivity index (χ4v) is 0.915. The van der Waals surface area contributed by atoms with Crippen LogP contribution in [0.1, 0.15) is 0 Å². The number of thioether (sulfide) groups is 1. The zero-order valence-electron chi connectivity index (χ0n) is 4.99. The minimum atomic E-state index is -0.685. The van der Waals surface area contributed by atoms with Crippen LogP contribution in [-0.2, 0) is 4.79 Å². The second-order valence-corrected chi connectivity index (χ2v) is 2.62. The summed E-state index contributed by atoms with van der Waals surface area (Å²) in [6.07, 6.45) is 0.0873. The maximum atomic E-state index is 9.71. The smallest absolute Gasteiger partial charge is 0.129 e. The van der Waals surface area contributed by atoms with Crippen molar-refractivity contribution in [3.05, 3.63) is 0 Å². The number of hydrogen-bond donors (Lipinski definition) is 2. The molecule has 0 rings (SSSR count). The number of aldehydes is 1. The Morgan fingerprint density at radius 2 is 2.33 bits per heavy atom. The average molecular weight is 150 g/mol. The van der Waals surface area contributed by atoms with Crippen LogP contribution < -0.4 is 0 Å². The Morgan fingerprint density at radius 3 is 2.78 bits per heavy atom. The number of aliphatic hydroxyl groups is 2. The molecule has 0 aromatic rings. The third-order valence-corrected chi connectivity index (χ3v) is 1.70. The second-order valence-electron chi connectivity index (χ2n) is 1.54. The van der Waals surface area contributed by atoms with Crippen LogP contribution in [0.15, 0.2) is 0 Å². The van der Waals surface area contributed by atoms with Crippen molar-refractivity contribution in [2.75, 3.05) is 18.1 Å². The van der Waals surface area contributed by atoms with E-state index in [2.05, 4.69) is 0 Å². The Kier molecular flexibility index (Phi) is 6.03. The lowest BCUT2D eigenvalue weighted by Gasteiger charge is -2.02. The van der Waals surface area contributed by atoms with E-state index in [1.165, 1.54) is 11.8 Å². The molecule has 0 aliphatic rings. The van der Waals surface area contributed by atoms with E-state index in [-0.39, 0.29) is 6.61 Å². The first-order chi connectivity index (χ1) is 4.31. The first kappa shape index (κ1) is 8.94. The lowest BCUT2D eigenvalue weighted by atomic mass is 10.4. The van der Waals surface area contributed by atoms with Crippen LogP contribution in [0, 0.1) is 0 Å². The molecular formula is C5H10O3S. The molecule has 4 heteroatoms. The average Bonchev–Trinajstić information content (AvgIpc) is 1.89. The van der Waals surface area contributed by atoms with Gasteiger partial charge in [-0.1, -0.05) is 0 Å². The number of aliphatic hydroxyl groups excluding tert-OH is 2. The van der Waals surface area contributed by atoms with E-state index >= 15 is 0 Å². The second kappa shape index (κ2) is 6.07. The van der Waals surface area contributed by atoms with Gasteiger partial charge in [0.15, 0.2) is 0 Å². The van der Waals surface area contributed by atoms with E-state index in [1.807, 2.05) is 0 Å². The van der Waals surface area contributed by atoms with E-state index < -0.39 is 6.10 Å². The Bertz CT molecular complexity index is 76.6. The number of carbonyl (C=O) groups excluding carboxylic acids is 1. The minimum Gasteiger partial charge on any atom is -0.394 e. The van der Waals surface area contributed by atoms with Gasteiger partial charge in [-0.3, -0.25) is 0 Å². The topological polar surface area (TPSA) is 57.5 Å². The Balaban J connectivity index is 2.96. The fourth-order valence-electron chi connectivity index (χ4n) is 0.305. The van der Waals surface area contributed by atoms with Gasteiger partial charge >= 0.3 is 0 Å². The summed E-state index contributed by atoms with van der Waals surface area (Å²) in [5.41, 5.74) is 0. The van der Waals surface area contributed by atoms with Gasteiger partial charge < -0.3 is 15.0 Å². The van der Waals surface area contributed by atoms with Crippen LogP contribution in [0.25, 0.3) is 0 Å². The third-order valence-electron chi connectivity index (χ3n) is 0.707. The molecule has 0 spiro atoms. The molecule has 0 amide bonds. The predicted molar refractivity (Wildman–Crippen MR) is 36.5 cm³/mol. The molecule has 0 fully saturated rings. The van der Waals surface area contributed by atoms with Gasteiger partial charge in [-0.2, -0.15) is 11.8 Å². The predicted octanol–water partition coefficient (Wildman–Crippen LogP) is -0.728. The van der Waals surface area contributed by atoms with Crippen molar-refractivity contribution in [1.82, 2.24) is 0 Å². The standard InChI is InChI=1S/C5H10O3S/c6-1-2-9-4-5(8)3-7/h1,5,7-8H,2-4H2. The van der Waals surface area contributed by atoms with E-state index in [9.17, 15) is 4.79 Å². The molecule has 0 aliphatic carbocycles. The van der Waals surface area contributed by atoms with Crippen LogP contribution >= 0.6 is 11.8 Å². The molecule has 0 heterocycles. The number of hydrogen-bond acceptors (Lipinski definition) is 4. The van der Waals surface area contributed by atoms with Crippen molar-refractivity contribution in [2.24, 2.45) is 0 Å². The quantitative estimate of drug-likeness (QED) is 0.401. The molecule has 0 aliphatic heterocycles. The summed E-state index contributed by atoms with van der Waals surface area (Å²) in [6, 6.07) is 0. The summed E-state index contributed by atoms with van der Waals surface area (Å²) in [7, 11) is 0. The molecule has 0 aromatic heterocycles. The third kappa shape index (κ3) is 5.82. The van der Waals surface area contributed by atoms with E-state index in [0.29, 0.717) is 11.5 Å². The van der Waals surface area contributed by atoms with Crippen molar-refractivity contribution in [1.29, 1.82) is 0 Å². The molecule has 0 bridgehead atoms. The summed E-state index contributed by atoms with van der Waals surface area (Å²) < 4.78 is 0. The molecule has 0 aromatic carbocycles. The maximum Gasteiger partial charge on any atom is 0.129 e. The summed E-state index contributed by atoms with van der Waals surface area (Å²) in [4.78, 5) is 9.71. The molecule has 3 nitrogen and oxygen atoms in total. The van der Waals surface area contributed by atoms with Crippen LogP contribution in [-0.4, -0.2) is 40.7 Å². The summed E-state index contributed by atoms with van der Waals surface area (Å²) in [6.45, 7) is -0.230. The number of carbonyl (C=O) groups is 1. The van der Waals surface area contributed by atoms with Crippen molar-refractivity contribution >= 4 is 18.0 Å². The highest BCUT2D eigenvalue weighted by Crippen LogP contribution is 1.99. The van der Waals surface area contributed by atoms with Gasteiger partial charge in [-0.25, -0.2) is 0 Å². The van der Waals surface area contributed by atoms with E-state index in [0.717, 1.165) is 6.29 Å². The van der Waals surface area contributed by atoms with Crippen molar-refractivity contribution < 1.29 is 15.0 Å². The van der Waals surface area contributed by atoms with Crippen molar-refractivity contribution in [2.45, 2.75) is 6.10 Å². The molecule has 0 saturated heterocycles. The summed E-state index contributed by atoms with van der Waals surface area (Å²) in [5.74, 6) is 0.812. The molecule has 2 N–H and O–H groups in total. The van der Waals surface area contributed by atoms with Crippen molar-refractivity contribution in [3.8, 4) is 0 Å². The Morgan fingerprint density at radius 1 is 1.67 bits per heavy atom. The number of rotatable bonds is 5. The van der Waals surface area contributed by atoms with Gasteiger partial charge in [0.2, 0.25) is 0 Å². The van der Waals surface area contributed by atoms with Gasteiger partial charge in [-0.15, -0.1) is 0 Å². The summed E-state index contributed by atoms with van der Waals surface area (Å²) >= 11 is 1.31. The Labute approximate surface area is 58.1 Å². The summed E-state index contributed by atoms with van der Waals surface area (Å²) in [5, 5.41) is 17.0. The molecular weight excluding hydrogens is 140 g/mol. The lowest BCUT2D eigenvalue weighted by Crippen LogP contribution is -2.14. The lowest BCUT2D eigenvalue weighted by molar-refractivity contribution is -0.105. The molecule has 0 radical (unpaired) electrons. The highest BCUT2D eigenvalue weighted by molar-refractivity contribution is 7.99. The molecule has 0 saturated carbocycles. The SMILES string of the molecule is O=CCSCC(O)CO. The molecule has 54 valence electrons. The Hall–Kier alpha value is -0.0600. The maximum absolute atomic E-state index is 9.71. The minimum absolute atomic E-state index is 0.230. The molecule has 9 heavy (non-hydrogen) atoms. The van der Waals surface area contributed by atoms with Gasteiger partial charge in [0.1, 0.15) is 6.29 Å². The van der Waals surface area contributed by atoms with Gasteiger partial charge in [0, 0.05) is 11.5 Å². The van der Waals surface area contributed by atoms with Gasteiger partial charge in [-0.05, 0) is 0 Å². The molecule has 1 unspecified atom stereocenters. The van der Waals surface area contributed by atoms with Gasteiger partial charge in [0.25, 0.3) is 0 Å². The van der Waals surface area contributed by atoms with Crippen molar-refractivity contribution in [3.63, 3.8) is 0 Å². The van der Waals surface area contributed by atoms with E-state index in [1.54, 1.807) is 0 Å². The van der Waals surface area contributed by atoms with Crippen LogP contribution in [0.5, 0.6) is 0 Å². The normalized spacial score (nSPS) is 13.1. The first-order valence-electron chi connectivity index (χ1n) is 2.61.